The van der Waals surface area contributed by atoms with E-state index in [1.807, 2.05) is 0 Å². The van der Waals surface area contributed by atoms with Gasteiger partial charge < -0.3 is 4.74 Å². The summed E-state index contributed by atoms with van der Waals surface area (Å²) in [6.45, 7) is 7.11. The van der Waals surface area contributed by atoms with Gasteiger partial charge in [0.2, 0.25) is 0 Å². The van der Waals surface area contributed by atoms with E-state index in [-0.39, 0.29) is 23.4 Å². The molecule has 0 aromatic rings. The van der Waals surface area contributed by atoms with Crippen LogP contribution in [0, 0.1) is 34.5 Å². The lowest BCUT2D eigenvalue weighted by atomic mass is 9.70. The maximum absolute atomic E-state index is 12.4. The molecule has 0 saturated heterocycles. The first-order valence-corrected chi connectivity index (χ1v) is 8.15. The summed E-state index contributed by atoms with van der Waals surface area (Å²) in [5, 5.41) is 0. The molecule has 0 aliphatic heterocycles. The van der Waals surface area contributed by atoms with Gasteiger partial charge in [0.1, 0.15) is 6.10 Å². The molecule has 0 heterocycles. The van der Waals surface area contributed by atoms with Crippen molar-refractivity contribution in [3.8, 4) is 0 Å². The van der Waals surface area contributed by atoms with Crippen molar-refractivity contribution in [3.63, 3.8) is 0 Å². The van der Waals surface area contributed by atoms with Crippen LogP contribution in [-0.4, -0.2) is 12.1 Å². The van der Waals surface area contributed by atoms with E-state index in [1.165, 1.54) is 32.1 Å². The van der Waals surface area contributed by atoms with Crippen molar-refractivity contribution in [1.29, 1.82) is 0 Å². The van der Waals surface area contributed by atoms with Gasteiger partial charge in [-0.25, -0.2) is 0 Å². The molecule has 4 fully saturated rings. The molecule has 0 spiro atoms. The number of hydrogen-bond acceptors (Lipinski definition) is 2. The van der Waals surface area contributed by atoms with Crippen LogP contribution < -0.4 is 0 Å². The van der Waals surface area contributed by atoms with E-state index in [4.69, 9.17) is 4.74 Å². The first kappa shape index (κ1) is 12.2. The van der Waals surface area contributed by atoms with E-state index in [2.05, 4.69) is 20.8 Å². The molecule has 4 saturated carbocycles. The molecule has 4 rings (SSSR count). The highest BCUT2D eigenvalue weighted by atomic mass is 16.5. The molecular weight excluding hydrogens is 236 g/mol. The van der Waals surface area contributed by atoms with Gasteiger partial charge in [-0.15, -0.1) is 0 Å². The van der Waals surface area contributed by atoms with Crippen LogP contribution in [0.15, 0.2) is 0 Å². The third-order valence-electron chi connectivity index (χ3n) is 7.65. The molecular formula is C17H26O2. The zero-order valence-corrected chi connectivity index (χ0v) is 12.4. The normalized spacial score (nSPS) is 53.1. The summed E-state index contributed by atoms with van der Waals surface area (Å²) >= 11 is 0. The summed E-state index contributed by atoms with van der Waals surface area (Å²) in [6, 6.07) is 0. The zero-order chi connectivity index (χ0) is 13.4. The van der Waals surface area contributed by atoms with E-state index in [0.717, 1.165) is 12.3 Å². The van der Waals surface area contributed by atoms with E-state index < -0.39 is 0 Å². The zero-order valence-electron chi connectivity index (χ0n) is 12.4. The predicted molar refractivity (Wildman–Crippen MR) is 73.4 cm³/mol. The fraction of sp³-hybridized carbons (Fsp3) is 0.941. The molecule has 2 bridgehead atoms. The van der Waals surface area contributed by atoms with Crippen molar-refractivity contribution >= 4 is 5.97 Å². The number of carbonyl (C=O) groups is 1. The molecule has 0 aromatic carbocycles. The van der Waals surface area contributed by atoms with Gasteiger partial charge in [-0.2, -0.15) is 0 Å². The molecule has 0 amide bonds. The predicted octanol–water partition coefficient (Wildman–Crippen LogP) is 3.79. The van der Waals surface area contributed by atoms with Crippen molar-refractivity contribution in [2.45, 2.75) is 65.4 Å². The lowest BCUT2D eigenvalue weighted by Gasteiger charge is -2.38. The van der Waals surface area contributed by atoms with Crippen molar-refractivity contribution in [3.05, 3.63) is 0 Å². The van der Waals surface area contributed by atoms with E-state index in [0.29, 0.717) is 17.3 Å². The third-order valence-corrected chi connectivity index (χ3v) is 7.65. The SMILES string of the molecule is CC1(C)C2CCC1(C)C(OC(=O)C1C3CCCC31)C2. The monoisotopic (exact) mass is 262 g/mol. The molecule has 0 aromatic heterocycles. The largest absolute Gasteiger partial charge is 0.462 e. The van der Waals surface area contributed by atoms with E-state index in [1.54, 1.807) is 0 Å². The van der Waals surface area contributed by atoms with Gasteiger partial charge in [0.05, 0.1) is 5.92 Å². The van der Waals surface area contributed by atoms with Crippen LogP contribution in [0.2, 0.25) is 0 Å². The Hall–Kier alpha value is -0.530. The second kappa shape index (κ2) is 3.56. The fourth-order valence-corrected chi connectivity index (χ4v) is 5.70. The number of fused-ring (bicyclic) bond motifs is 3. The van der Waals surface area contributed by atoms with Crippen molar-refractivity contribution in [1.82, 2.24) is 0 Å². The number of carbonyl (C=O) groups excluding carboxylic acids is 1. The third kappa shape index (κ3) is 1.41. The number of hydrogen-bond donors (Lipinski definition) is 0. The molecule has 2 nitrogen and oxygen atoms in total. The summed E-state index contributed by atoms with van der Waals surface area (Å²) in [7, 11) is 0. The van der Waals surface area contributed by atoms with Crippen LogP contribution >= 0.6 is 0 Å². The van der Waals surface area contributed by atoms with Crippen LogP contribution in [0.4, 0.5) is 0 Å². The summed E-state index contributed by atoms with van der Waals surface area (Å²) in [6.07, 6.45) is 7.72. The molecule has 4 aliphatic rings. The molecule has 2 heteroatoms. The van der Waals surface area contributed by atoms with Crippen molar-refractivity contribution < 1.29 is 9.53 Å². The van der Waals surface area contributed by atoms with Crippen LogP contribution in [0.5, 0.6) is 0 Å². The van der Waals surface area contributed by atoms with Gasteiger partial charge in [0.25, 0.3) is 0 Å². The van der Waals surface area contributed by atoms with Crippen molar-refractivity contribution in [2.24, 2.45) is 34.5 Å². The van der Waals surface area contributed by atoms with Crippen LogP contribution in [0.25, 0.3) is 0 Å². The average Bonchev–Trinajstić information content (AvgIpc) is 2.64. The quantitative estimate of drug-likeness (QED) is 0.708. The Balaban J connectivity index is 1.46. The minimum Gasteiger partial charge on any atom is -0.462 e. The van der Waals surface area contributed by atoms with E-state index >= 15 is 0 Å². The second-order valence-corrected chi connectivity index (χ2v) is 8.32. The maximum atomic E-state index is 12.4. The lowest BCUT2D eigenvalue weighted by Crippen LogP contribution is -2.38. The second-order valence-electron chi connectivity index (χ2n) is 8.32. The minimum absolute atomic E-state index is 0.143. The highest BCUT2D eigenvalue weighted by molar-refractivity contribution is 5.77. The maximum Gasteiger partial charge on any atom is 0.309 e. The van der Waals surface area contributed by atoms with Gasteiger partial charge >= 0.3 is 5.97 Å². The first-order chi connectivity index (χ1) is 8.95. The molecule has 19 heavy (non-hydrogen) atoms. The molecule has 0 N–H and O–H groups in total. The molecule has 0 radical (unpaired) electrons. The molecule has 4 aliphatic carbocycles. The smallest absolute Gasteiger partial charge is 0.309 e. The fourth-order valence-electron chi connectivity index (χ4n) is 5.70. The summed E-state index contributed by atoms with van der Waals surface area (Å²) in [5.41, 5.74) is 0.564. The van der Waals surface area contributed by atoms with Crippen LogP contribution in [0.1, 0.15) is 59.3 Å². The Bertz CT molecular complexity index is 417. The Morgan fingerprint density at radius 3 is 2.32 bits per heavy atom. The summed E-state index contributed by atoms with van der Waals surface area (Å²) in [4.78, 5) is 12.4. The van der Waals surface area contributed by atoms with Gasteiger partial charge in [0.15, 0.2) is 0 Å². The van der Waals surface area contributed by atoms with Gasteiger partial charge in [-0.05, 0) is 55.3 Å². The van der Waals surface area contributed by atoms with Gasteiger partial charge in [-0.1, -0.05) is 27.2 Å². The summed E-state index contributed by atoms with van der Waals surface area (Å²) in [5.74, 6) is 2.55. The number of ether oxygens (including phenoxy) is 1. The number of rotatable bonds is 2. The molecule has 5 unspecified atom stereocenters. The Morgan fingerprint density at radius 1 is 1.11 bits per heavy atom. The highest BCUT2D eigenvalue weighted by Crippen LogP contribution is 2.67. The highest BCUT2D eigenvalue weighted by Gasteiger charge is 2.64. The number of esters is 1. The Morgan fingerprint density at radius 2 is 1.79 bits per heavy atom. The minimum atomic E-state index is 0.143. The topological polar surface area (TPSA) is 26.3 Å². The average molecular weight is 262 g/mol. The van der Waals surface area contributed by atoms with Gasteiger partial charge in [0, 0.05) is 5.41 Å². The Kier molecular flexibility index (Phi) is 2.29. The van der Waals surface area contributed by atoms with Crippen LogP contribution in [0.3, 0.4) is 0 Å². The van der Waals surface area contributed by atoms with Crippen LogP contribution in [-0.2, 0) is 9.53 Å². The van der Waals surface area contributed by atoms with E-state index in [9.17, 15) is 4.79 Å². The lowest BCUT2D eigenvalue weighted by molar-refractivity contribution is -0.159. The van der Waals surface area contributed by atoms with Gasteiger partial charge in [-0.3, -0.25) is 4.79 Å². The van der Waals surface area contributed by atoms with Crippen molar-refractivity contribution in [2.75, 3.05) is 0 Å². The Labute approximate surface area is 116 Å². The standard InChI is InChI=1S/C17H26O2/c1-16(2)10-7-8-17(16,3)13(9-10)19-15(18)14-11-5-4-6-12(11)14/h10-14H,4-9H2,1-3H3. The molecule has 5 atom stereocenters. The summed E-state index contributed by atoms with van der Waals surface area (Å²) < 4.78 is 6.01. The molecule has 106 valence electrons. The first-order valence-electron chi connectivity index (χ1n) is 8.15.